The van der Waals surface area contributed by atoms with Crippen LogP contribution < -0.4 is 20.1 Å². The second kappa shape index (κ2) is 7.29. The zero-order valence-electron chi connectivity index (χ0n) is 15.8. The maximum absolute atomic E-state index is 12.9. The second-order valence-electron chi connectivity index (χ2n) is 6.79. The number of nitrogens with one attached hydrogen (secondary N) is 3. The van der Waals surface area contributed by atoms with E-state index in [1.165, 1.54) is 0 Å². The minimum atomic E-state index is -0.346. The number of para-hydroxylation sites is 2. The van der Waals surface area contributed by atoms with Crippen molar-refractivity contribution in [1.82, 2.24) is 4.98 Å². The van der Waals surface area contributed by atoms with E-state index in [9.17, 15) is 9.59 Å². The number of rotatable bonds is 4. The molecule has 0 fully saturated rings. The summed E-state index contributed by atoms with van der Waals surface area (Å²) in [6.07, 6.45) is 0. The van der Waals surface area contributed by atoms with Crippen molar-refractivity contribution in [1.29, 1.82) is 0 Å². The molecule has 1 aromatic heterocycles. The van der Waals surface area contributed by atoms with Crippen molar-refractivity contribution in [2.75, 3.05) is 17.4 Å². The first-order valence-corrected chi connectivity index (χ1v) is 9.36. The van der Waals surface area contributed by atoms with Gasteiger partial charge in [0.1, 0.15) is 5.69 Å². The molecule has 0 unspecified atom stereocenters. The van der Waals surface area contributed by atoms with Gasteiger partial charge >= 0.3 is 0 Å². The van der Waals surface area contributed by atoms with Gasteiger partial charge in [-0.3, -0.25) is 9.59 Å². The quantitative estimate of drug-likeness (QED) is 0.474. The number of amides is 2. The first-order valence-electron chi connectivity index (χ1n) is 9.36. The zero-order valence-corrected chi connectivity index (χ0v) is 15.8. The molecule has 148 valence electrons. The van der Waals surface area contributed by atoms with E-state index in [0.717, 1.165) is 10.9 Å². The van der Waals surface area contributed by atoms with E-state index in [-0.39, 0.29) is 18.6 Å². The van der Waals surface area contributed by atoms with E-state index in [2.05, 4.69) is 15.6 Å². The lowest BCUT2D eigenvalue weighted by atomic mass is 10.1. The number of hydrogen-bond acceptors (Lipinski definition) is 4. The Hall–Kier alpha value is -4.26. The summed E-state index contributed by atoms with van der Waals surface area (Å²) in [6, 6.07) is 21.4. The Morgan fingerprint density at radius 2 is 1.60 bits per heavy atom. The third-order valence-corrected chi connectivity index (χ3v) is 4.82. The van der Waals surface area contributed by atoms with Gasteiger partial charge in [-0.05, 0) is 36.4 Å². The number of aromatic nitrogens is 1. The molecule has 0 saturated heterocycles. The van der Waals surface area contributed by atoms with Crippen molar-refractivity contribution in [3.63, 3.8) is 0 Å². The molecular formula is C23H17N3O4. The number of benzene rings is 3. The van der Waals surface area contributed by atoms with Crippen molar-refractivity contribution in [3.8, 4) is 11.5 Å². The molecule has 7 heteroatoms. The number of aromatic amines is 1. The zero-order chi connectivity index (χ0) is 20.5. The number of anilines is 2. The van der Waals surface area contributed by atoms with Crippen molar-refractivity contribution < 1.29 is 19.1 Å². The van der Waals surface area contributed by atoms with Gasteiger partial charge in [0, 0.05) is 22.7 Å². The van der Waals surface area contributed by atoms with Crippen molar-refractivity contribution >= 4 is 34.1 Å². The van der Waals surface area contributed by atoms with E-state index in [0.29, 0.717) is 34.1 Å². The summed E-state index contributed by atoms with van der Waals surface area (Å²) in [5.41, 5.74) is 2.62. The molecule has 0 saturated carbocycles. The lowest BCUT2D eigenvalue weighted by Gasteiger charge is -2.11. The highest BCUT2D eigenvalue weighted by Gasteiger charge is 2.18. The van der Waals surface area contributed by atoms with Gasteiger partial charge in [0.25, 0.3) is 11.8 Å². The van der Waals surface area contributed by atoms with Crippen molar-refractivity contribution in [2.24, 2.45) is 0 Å². The highest BCUT2D eigenvalue weighted by molar-refractivity contribution is 6.13. The van der Waals surface area contributed by atoms with Gasteiger partial charge < -0.3 is 25.1 Å². The van der Waals surface area contributed by atoms with Crippen LogP contribution in [0.5, 0.6) is 11.5 Å². The molecule has 3 N–H and O–H groups in total. The Bertz CT molecular complexity index is 1250. The fourth-order valence-corrected chi connectivity index (χ4v) is 3.35. The molecule has 30 heavy (non-hydrogen) atoms. The largest absolute Gasteiger partial charge is 0.454 e. The normalized spacial score (nSPS) is 12.0. The van der Waals surface area contributed by atoms with Crippen LogP contribution in [0.3, 0.4) is 0 Å². The molecule has 5 rings (SSSR count). The number of fused-ring (bicyclic) bond motifs is 2. The van der Waals surface area contributed by atoms with Gasteiger partial charge in [0.05, 0.1) is 11.3 Å². The second-order valence-corrected chi connectivity index (χ2v) is 6.79. The Balaban J connectivity index is 1.37. The molecule has 0 aliphatic carbocycles. The topological polar surface area (TPSA) is 92.5 Å². The van der Waals surface area contributed by atoms with E-state index >= 15 is 0 Å². The average molecular weight is 399 g/mol. The van der Waals surface area contributed by atoms with Crippen LogP contribution in [-0.4, -0.2) is 23.6 Å². The standard InChI is InChI=1S/C23H17N3O4/c27-22(24-15-9-10-20-21(12-15)30-13-29-20)16-6-2-4-8-18(16)26-23(28)19-11-14-5-1-3-7-17(14)25-19/h1-12,25H,13H2,(H,24,27)(H,26,28). The van der Waals surface area contributed by atoms with Gasteiger partial charge in [0.2, 0.25) is 6.79 Å². The van der Waals surface area contributed by atoms with Gasteiger partial charge in [-0.25, -0.2) is 0 Å². The van der Waals surface area contributed by atoms with Crippen LogP contribution in [0.1, 0.15) is 20.8 Å². The maximum Gasteiger partial charge on any atom is 0.272 e. The number of ether oxygens (including phenoxy) is 2. The average Bonchev–Trinajstić information content (AvgIpc) is 3.40. The smallest absolute Gasteiger partial charge is 0.272 e. The monoisotopic (exact) mass is 399 g/mol. The molecule has 2 amide bonds. The van der Waals surface area contributed by atoms with Crippen LogP contribution >= 0.6 is 0 Å². The Morgan fingerprint density at radius 1 is 0.800 bits per heavy atom. The first-order chi connectivity index (χ1) is 14.7. The lowest BCUT2D eigenvalue weighted by Crippen LogP contribution is -2.18. The minimum absolute atomic E-state index is 0.162. The van der Waals surface area contributed by atoms with Gasteiger partial charge in [0.15, 0.2) is 11.5 Å². The third-order valence-electron chi connectivity index (χ3n) is 4.82. The van der Waals surface area contributed by atoms with Crippen LogP contribution in [0.25, 0.3) is 10.9 Å². The van der Waals surface area contributed by atoms with Crippen LogP contribution in [0.2, 0.25) is 0 Å². The lowest BCUT2D eigenvalue weighted by molar-refractivity contribution is 0.102. The number of carbonyl (C=O) groups is 2. The third kappa shape index (κ3) is 3.33. The fraction of sp³-hybridized carbons (Fsp3) is 0.0435. The minimum Gasteiger partial charge on any atom is -0.454 e. The van der Waals surface area contributed by atoms with Crippen LogP contribution in [0, 0.1) is 0 Å². The molecule has 0 atom stereocenters. The molecule has 0 spiro atoms. The van der Waals surface area contributed by atoms with Crippen LogP contribution in [-0.2, 0) is 0 Å². The molecule has 0 radical (unpaired) electrons. The van der Waals surface area contributed by atoms with E-state index in [4.69, 9.17) is 9.47 Å². The first kappa shape index (κ1) is 17.8. The van der Waals surface area contributed by atoms with Crippen molar-refractivity contribution in [2.45, 2.75) is 0 Å². The Labute approximate surface area is 171 Å². The van der Waals surface area contributed by atoms with Gasteiger partial charge in [-0.2, -0.15) is 0 Å². The summed E-state index contributed by atoms with van der Waals surface area (Å²) in [6.45, 7) is 0.162. The fourth-order valence-electron chi connectivity index (χ4n) is 3.35. The molecule has 7 nitrogen and oxygen atoms in total. The highest BCUT2D eigenvalue weighted by Crippen LogP contribution is 2.34. The predicted molar refractivity (Wildman–Crippen MR) is 113 cm³/mol. The number of carbonyl (C=O) groups excluding carboxylic acids is 2. The molecule has 3 aromatic carbocycles. The van der Waals surface area contributed by atoms with Gasteiger partial charge in [-0.15, -0.1) is 0 Å². The van der Waals surface area contributed by atoms with Crippen LogP contribution in [0.4, 0.5) is 11.4 Å². The van der Waals surface area contributed by atoms with Crippen molar-refractivity contribution in [3.05, 3.63) is 84.1 Å². The summed E-state index contributed by atoms with van der Waals surface area (Å²) in [7, 11) is 0. The summed E-state index contributed by atoms with van der Waals surface area (Å²) < 4.78 is 10.6. The van der Waals surface area contributed by atoms with E-state index in [1.807, 2.05) is 24.3 Å². The number of H-pyrrole nitrogens is 1. The summed E-state index contributed by atoms with van der Waals surface area (Å²) in [5.74, 6) is 0.545. The summed E-state index contributed by atoms with van der Waals surface area (Å²) in [5, 5.41) is 6.59. The molecule has 4 aromatic rings. The molecule has 0 bridgehead atoms. The van der Waals surface area contributed by atoms with Crippen LogP contribution in [0.15, 0.2) is 72.8 Å². The van der Waals surface area contributed by atoms with Gasteiger partial charge in [-0.1, -0.05) is 30.3 Å². The molecular weight excluding hydrogens is 382 g/mol. The maximum atomic E-state index is 12.9. The molecule has 2 heterocycles. The summed E-state index contributed by atoms with van der Waals surface area (Å²) in [4.78, 5) is 28.7. The number of hydrogen-bond donors (Lipinski definition) is 3. The SMILES string of the molecule is O=C(Nc1ccccc1C(=O)Nc1ccc2c(c1)OCO2)c1cc2ccccc2[nH]1. The van der Waals surface area contributed by atoms with E-state index in [1.54, 1.807) is 48.5 Å². The summed E-state index contributed by atoms with van der Waals surface area (Å²) >= 11 is 0. The Kier molecular flexibility index (Phi) is 4.33. The van der Waals surface area contributed by atoms with E-state index < -0.39 is 0 Å². The molecule has 1 aliphatic heterocycles. The highest BCUT2D eigenvalue weighted by atomic mass is 16.7. The predicted octanol–water partition coefficient (Wildman–Crippen LogP) is 4.40. The Morgan fingerprint density at radius 3 is 2.50 bits per heavy atom. The molecule has 1 aliphatic rings.